The summed E-state index contributed by atoms with van der Waals surface area (Å²) < 4.78 is 35.2. The molecule has 0 aliphatic carbocycles. The van der Waals surface area contributed by atoms with Crippen molar-refractivity contribution >= 4 is 26.8 Å². The summed E-state index contributed by atoms with van der Waals surface area (Å²) in [6, 6.07) is 16.0. The molecule has 4 rings (SSSR count). The molecule has 0 saturated carbocycles. The third-order valence-electron chi connectivity index (χ3n) is 5.70. The second-order valence-corrected chi connectivity index (χ2v) is 11.1. The van der Waals surface area contributed by atoms with Crippen LogP contribution in [0.15, 0.2) is 53.5 Å². The SMILES string of the molecule is COc1ccc(CN2C(SCCCc3ccccc3)=NC3CS(=O)(=O)CC32)cc1OC. The quantitative estimate of drug-likeness (QED) is 0.563. The van der Waals surface area contributed by atoms with Crippen LogP contribution in [-0.2, 0) is 22.8 Å². The number of amidine groups is 1. The summed E-state index contributed by atoms with van der Waals surface area (Å²) in [7, 11) is 0.190. The van der Waals surface area contributed by atoms with Crippen molar-refractivity contribution in [1.29, 1.82) is 0 Å². The summed E-state index contributed by atoms with van der Waals surface area (Å²) >= 11 is 1.73. The van der Waals surface area contributed by atoms with Crippen LogP contribution in [0.5, 0.6) is 11.5 Å². The first-order valence-electron chi connectivity index (χ1n) is 10.4. The fourth-order valence-electron chi connectivity index (χ4n) is 4.15. The van der Waals surface area contributed by atoms with Gasteiger partial charge in [0, 0.05) is 12.3 Å². The average molecular weight is 461 g/mol. The van der Waals surface area contributed by atoms with Gasteiger partial charge in [-0.05, 0) is 36.1 Å². The van der Waals surface area contributed by atoms with Crippen molar-refractivity contribution in [2.75, 3.05) is 31.5 Å². The number of hydrogen-bond donors (Lipinski definition) is 0. The van der Waals surface area contributed by atoms with Gasteiger partial charge in [0.1, 0.15) is 0 Å². The van der Waals surface area contributed by atoms with Crippen molar-refractivity contribution < 1.29 is 17.9 Å². The molecule has 2 aliphatic rings. The third-order valence-corrected chi connectivity index (χ3v) is 8.49. The molecule has 2 heterocycles. The molecular weight excluding hydrogens is 432 g/mol. The Hall–Kier alpha value is -2.19. The van der Waals surface area contributed by atoms with Gasteiger partial charge in [-0.2, -0.15) is 0 Å². The first kappa shape index (κ1) is 22.0. The molecule has 8 heteroatoms. The minimum absolute atomic E-state index is 0.0882. The van der Waals surface area contributed by atoms with Gasteiger partial charge in [-0.25, -0.2) is 8.42 Å². The van der Waals surface area contributed by atoms with Crippen molar-refractivity contribution in [3.8, 4) is 11.5 Å². The predicted molar refractivity (Wildman–Crippen MR) is 126 cm³/mol. The smallest absolute Gasteiger partial charge is 0.161 e. The lowest BCUT2D eigenvalue weighted by molar-refractivity contribution is 0.337. The molecule has 2 aliphatic heterocycles. The summed E-state index contributed by atoms with van der Waals surface area (Å²) in [6.07, 6.45) is 2.07. The van der Waals surface area contributed by atoms with Gasteiger partial charge < -0.3 is 14.4 Å². The Kier molecular flexibility index (Phi) is 6.77. The Morgan fingerprint density at radius 1 is 1.03 bits per heavy atom. The largest absolute Gasteiger partial charge is 0.493 e. The maximum Gasteiger partial charge on any atom is 0.161 e. The summed E-state index contributed by atoms with van der Waals surface area (Å²) in [5.74, 6) is 2.61. The zero-order valence-corrected chi connectivity index (χ0v) is 19.5. The van der Waals surface area contributed by atoms with Crippen LogP contribution in [0.1, 0.15) is 17.5 Å². The van der Waals surface area contributed by atoms with Crippen molar-refractivity contribution in [2.45, 2.75) is 31.5 Å². The van der Waals surface area contributed by atoms with Crippen LogP contribution < -0.4 is 9.47 Å². The van der Waals surface area contributed by atoms with E-state index in [2.05, 4.69) is 29.2 Å². The van der Waals surface area contributed by atoms with E-state index in [0.29, 0.717) is 18.0 Å². The van der Waals surface area contributed by atoms with E-state index in [1.807, 2.05) is 24.3 Å². The molecular formula is C23H28N2O4S2. The van der Waals surface area contributed by atoms with Gasteiger partial charge in [-0.1, -0.05) is 48.2 Å². The fourth-order valence-corrected chi connectivity index (χ4v) is 7.08. The fraction of sp³-hybridized carbons (Fsp3) is 0.435. The summed E-state index contributed by atoms with van der Waals surface area (Å²) in [5.41, 5.74) is 2.38. The summed E-state index contributed by atoms with van der Waals surface area (Å²) in [5, 5.41) is 0.952. The third kappa shape index (κ3) is 5.18. The molecule has 1 saturated heterocycles. The van der Waals surface area contributed by atoms with Crippen LogP contribution in [0.25, 0.3) is 0 Å². The molecule has 0 amide bonds. The van der Waals surface area contributed by atoms with E-state index in [4.69, 9.17) is 14.5 Å². The van der Waals surface area contributed by atoms with Crippen LogP contribution >= 0.6 is 11.8 Å². The number of ether oxygens (including phenoxy) is 2. The highest BCUT2D eigenvalue weighted by atomic mass is 32.2. The van der Waals surface area contributed by atoms with E-state index in [9.17, 15) is 8.42 Å². The highest BCUT2D eigenvalue weighted by Crippen LogP contribution is 2.34. The lowest BCUT2D eigenvalue weighted by Crippen LogP contribution is -2.38. The van der Waals surface area contributed by atoms with Gasteiger partial charge in [-0.15, -0.1) is 0 Å². The molecule has 2 unspecified atom stereocenters. The zero-order valence-electron chi connectivity index (χ0n) is 17.9. The summed E-state index contributed by atoms with van der Waals surface area (Å²) in [6.45, 7) is 0.599. The number of fused-ring (bicyclic) bond motifs is 1. The molecule has 0 bridgehead atoms. The number of methoxy groups -OCH3 is 2. The van der Waals surface area contributed by atoms with E-state index in [1.165, 1.54) is 5.56 Å². The monoisotopic (exact) mass is 460 g/mol. The minimum Gasteiger partial charge on any atom is -0.493 e. The van der Waals surface area contributed by atoms with Crippen molar-refractivity contribution in [2.24, 2.45) is 4.99 Å². The van der Waals surface area contributed by atoms with Crippen molar-refractivity contribution in [3.63, 3.8) is 0 Å². The number of benzene rings is 2. The number of sulfone groups is 1. The molecule has 0 aromatic heterocycles. The topological polar surface area (TPSA) is 68.2 Å². The van der Waals surface area contributed by atoms with Crippen molar-refractivity contribution in [3.05, 3.63) is 59.7 Å². The lowest BCUT2D eigenvalue weighted by Gasteiger charge is -2.26. The molecule has 166 valence electrons. The second-order valence-electron chi connectivity index (χ2n) is 7.88. The maximum atomic E-state index is 12.2. The highest BCUT2D eigenvalue weighted by Gasteiger charge is 2.46. The molecule has 2 aromatic rings. The number of aliphatic imine (C=N–C) groups is 1. The Balaban J connectivity index is 1.45. The second kappa shape index (κ2) is 9.53. The average Bonchev–Trinajstić information content (AvgIpc) is 3.23. The number of hydrogen-bond acceptors (Lipinski definition) is 7. The van der Waals surface area contributed by atoms with Gasteiger partial charge in [0.25, 0.3) is 0 Å². The summed E-state index contributed by atoms with van der Waals surface area (Å²) in [4.78, 5) is 6.98. The van der Waals surface area contributed by atoms with E-state index < -0.39 is 9.84 Å². The lowest BCUT2D eigenvalue weighted by atomic mass is 10.1. The van der Waals surface area contributed by atoms with Crippen LogP contribution in [0, 0.1) is 0 Å². The van der Waals surface area contributed by atoms with E-state index >= 15 is 0 Å². The molecule has 0 radical (unpaired) electrons. The molecule has 0 spiro atoms. The Morgan fingerprint density at radius 2 is 1.81 bits per heavy atom. The van der Waals surface area contributed by atoms with Crippen LogP contribution in [0.2, 0.25) is 0 Å². The minimum atomic E-state index is -3.04. The molecule has 6 nitrogen and oxygen atoms in total. The maximum absolute atomic E-state index is 12.2. The van der Waals surface area contributed by atoms with Crippen LogP contribution in [-0.4, -0.2) is 62.0 Å². The van der Waals surface area contributed by atoms with Gasteiger partial charge in [0.15, 0.2) is 26.5 Å². The van der Waals surface area contributed by atoms with Crippen molar-refractivity contribution in [1.82, 2.24) is 4.90 Å². The Labute approximate surface area is 188 Å². The van der Waals surface area contributed by atoms with E-state index in [-0.39, 0.29) is 23.6 Å². The predicted octanol–water partition coefficient (Wildman–Crippen LogP) is 3.41. The first-order chi connectivity index (χ1) is 15.0. The van der Waals surface area contributed by atoms with Gasteiger partial charge in [-0.3, -0.25) is 4.99 Å². The molecule has 0 N–H and O–H groups in total. The number of aryl methyl sites for hydroxylation is 1. The highest BCUT2D eigenvalue weighted by molar-refractivity contribution is 8.13. The number of nitrogens with zero attached hydrogens (tertiary/aromatic N) is 2. The van der Waals surface area contributed by atoms with Gasteiger partial charge in [0.05, 0.1) is 37.8 Å². The van der Waals surface area contributed by atoms with E-state index in [0.717, 1.165) is 29.3 Å². The molecule has 1 fully saturated rings. The molecule has 2 aromatic carbocycles. The zero-order chi connectivity index (χ0) is 21.8. The molecule has 2 atom stereocenters. The van der Waals surface area contributed by atoms with Crippen LogP contribution in [0.4, 0.5) is 0 Å². The first-order valence-corrected chi connectivity index (χ1v) is 13.2. The normalized spacial score (nSPS) is 21.6. The standard InChI is InChI=1S/C23H28N2O4S2/c1-28-21-11-10-18(13-22(21)29-2)14-25-20-16-31(26,27)15-19(20)24-23(25)30-12-6-9-17-7-4-3-5-8-17/h3-5,7-8,10-11,13,19-20H,6,9,12,14-16H2,1-2H3. The van der Waals surface area contributed by atoms with Crippen LogP contribution in [0.3, 0.4) is 0 Å². The van der Waals surface area contributed by atoms with E-state index in [1.54, 1.807) is 26.0 Å². The number of thioether (sulfide) groups is 1. The molecule has 31 heavy (non-hydrogen) atoms. The number of rotatable bonds is 8. The Bertz CT molecular complexity index is 1040. The van der Waals surface area contributed by atoms with Gasteiger partial charge >= 0.3 is 0 Å². The Morgan fingerprint density at radius 3 is 2.55 bits per heavy atom. The van der Waals surface area contributed by atoms with Gasteiger partial charge in [0.2, 0.25) is 0 Å².